The van der Waals surface area contributed by atoms with Gasteiger partial charge in [0.25, 0.3) is 5.69 Å². The topological polar surface area (TPSA) is 124 Å². The van der Waals surface area contributed by atoms with Crippen LogP contribution in [0.4, 0.5) is 21.0 Å². The van der Waals surface area contributed by atoms with Gasteiger partial charge in [-0.25, -0.2) is 14.5 Å². The van der Waals surface area contributed by atoms with Crippen LogP contribution in [0.5, 0.6) is 0 Å². The lowest BCUT2D eigenvalue weighted by Gasteiger charge is -2.22. The van der Waals surface area contributed by atoms with Crippen LogP contribution < -0.4 is 4.90 Å². The fourth-order valence-electron chi connectivity index (χ4n) is 1.74. The summed E-state index contributed by atoms with van der Waals surface area (Å²) < 4.78 is 0. The average molecular weight is 297 g/mol. The fraction of sp³-hybridized carbons (Fsp3) is 0.333. The molecule has 0 aliphatic rings. The predicted octanol–water partition coefficient (Wildman–Crippen LogP) is 2.21. The number of nitrogens with zero attached hydrogens (tertiary/aromatic N) is 3. The maximum Gasteiger partial charge on any atom is 0.417 e. The second kappa shape index (κ2) is 6.55. The molecule has 2 amide bonds. The molecule has 0 aliphatic carbocycles. The Labute approximate surface area is 120 Å². The molecule has 0 fully saturated rings. The molecule has 0 heterocycles. The van der Waals surface area contributed by atoms with Crippen LogP contribution in [0.15, 0.2) is 18.2 Å². The molecular weight excluding hydrogens is 282 g/mol. The van der Waals surface area contributed by atoms with Gasteiger partial charge in [0.15, 0.2) is 0 Å². The van der Waals surface area contributed by atoms with Crippen LogP contribution in [0.2, 0.25) is 0 Å². The maximum atomic E-state index is 10.9. The molecule has 0 aromatic heterocycles. The largest absolute Gasteiger partial charge is 0.465 e. The van der Waals surface area contributed by atoms with Crippen molar-refractivity contribution in [2.24, 2.45) is 0 Å². The highest BCUT2D eigenvalue weighted by molar-refractivity contribution is 5.85. The number of nitro groups is 1. The van der Waals surface area contributed by atoms with E-state index in [4.69, 9.17) is 10.2 Å². The zero-order valence-electron chi connectivity index (χ0n) is 11.5. The zero-order chi connectivity index (χ0) is 16.2. The van der Waals surface area contributed by atoms with Gasteiger partial charge in [0.05, 0.1) is 11.5 Å². The molecule has 0 atom stereocenters. The minimum absolute atomic E-state index is 0.173. The van der Waals surface area contributed by atoms with Crippen LogP contribution >= 0.6 is 0 Å². The molecule has 0 bridgehead atoms. The lowest BCUT2D eigenvalue weighted by atomic mass is 10.1. The zero-order valence-corrected chi connectivity index (χ0v) is 11.5. The number of benzene rings is 1. The second-order valence-electron chi connectivity index (χ2n) is 4.24. The van der Waals surface area contributed by atoms with Gasteiger partial charge < -0.3 is 15.1 Å². The van der Waals surface area contributed by atoms with E-state index >= 15 is 0 Å². The molecule has 0 saturated carbocycles. The van der Waals surface area contributed by atoms with Crippen molar-refractivity contribution in [2.45, 2.75) is 13.5 Å². The number of anilines is 1. The highest BCUT2D eigenvalue weighted by Gasteiger charge is 2.23. The number of carboxylic acid groups (broad SMARTS) is 2. The molecule has 0 radical (unpaired) electrons. The quantitative estimate of drug-likeness (QED) is 0.630. The maximum absolute atomic E-state index is 10.9. The number of hydrogen-bond donors (Lipinski definition) is 2. The second-order valence-corrected chi connectivity index (χ2v) is 4.24. The van der Waals surface area contributed by atoms with Crippen molar-refractivity contribution in [1.29, 1.82) is 0 Å². The third kappa shape index (κ3) is 3.81. The molecule has 114 valence electrons. The van der Waals surface area contributed by atoms with Crippen molar-refractivity contribution >= 4 is 23.6 Å². The molecule has 0 saturated heterocycles. The van der Waals surface area contributed by atoms with E-state index in [1.54, 1.807) is 11.9 Å². The molecule has 1 rings (SSSR count). The fourth-order valence-corrected chi connectivity index (χ4v) is 1.74. The number of non-ortho nitro benzene ring substituents is 1. The number of amides is 2. The van der Waals surface area contributed by atoms with E-state index < -0.39 is 23.7 Å². The third-order valence-corrected chi connectivity index (χ3v) is 2.95. The summed E-state index contributed by atoms with van der Waals surface area (Å²) >= 11 is 0. The van der Waals surface area contributed by atoms with Gasteiger partial charge in [-0.15, -0.1) is 0 Å². The van der Waals surface area contributed by atoms with Gasteiger partial charge >= 0.3 is 12.2 Å². The highest BCUT2D eigenvalue weighted by Crippen LogP contribution is 2.26. The van der Waals surface area contributed by atoms with Crippen LogP contribution in [0, 0.1) is 10.1 Å². The van der Waals surface area contributed by atoms with Crippen molar-refractivity contribution in [3.05, 3.63) is 33.9 Å². The Bertz CT molecular complexity index is 560. The van der Waals surface area contributed by atoms with Crippen LogP contribution in [-0.2, 0) is 6.54 Å². The Morgan fingerprint density at radius 1 is 1.29 bits per heavy atom. The molecule has 0 spiro atoms. The Kier molecular flexibility index (Phi) is 5.06. The minimum atomic E-state index is -1.64. The normalized spacial score (nSPS) is 10.0. The number of nitro benzene ring substituents is 1. The number of carbonyl (C=O) groups is 2. The average Bonchev–Trinajstić information content (AvgIpc) is 2.42. The first-order valence-corrected chi connectivity index (χ1v) is 5.99. The first kappa shape index (κ1) is 16.2. The summed E-state index contributed by atoms with van der Waals surface area (Å²) in [7, 11) is 1.72. The van der Waals surface area contributed by atoms with E-state index in [1.807, 2.05) is 6.92 Å². The van der Waals surface area contributed by atoms with Gasteiger partial charge in [0.1, 0.15) is 0 Å². The standard InChI is InChI=1S/C12H15N3O6/c1-3-13(2)10-5-4-9(15(20)21)6-8(10)7-14(11(16)17)12(18)19/h4-6H,3,7H2,1-2H3,(H,16,17)(H,18,19). The summed E-state index contributed by atoms with van der Waals surface area (Å²) in [5.74, 6) is 0. The van der Waals surface area contributed by atoms with Gasteiger partial charge in [0.2, 0.25) is 0 Å². The predicted molar refractivity (Wildman–Crippen MR) is 73.6 cm³/mol. The summed E-state index contributed by atoms with van der Waals surface area (Å²) in [6.45, 7) is 1.94. The lowest BCUT2D eigenvalue weighted by Crippen LogP contribution is -2.34. The van der Waals surface area contributed by atoms with Crippen molar-refractivity contribution in [3.8, 4) is 0 Å². The van der Waals surface area contributed by atoms with Gasteiger partial charge in [-0.1, -0.05) is 0 Å². The Balaban J connectivity index is 3.28. The summed E-state index contributed by atoms with van der Waals surface area (Å²) in [5, 5.41) is 28.5. The molecule has 1 aromatic rings. The summed E-state index contributed by atoms with van der Waals surface area (Å²) in [6, 6.07) is 3.94. The van der Waals surface area contributed by atoms with Crippen molar-refractivity contribution in [3.63, 3.8) is 0 Å². The Hall–Kier alpha value is -2.84. The van der Waals surface area contributed by atoms with Gasteiger partial charge in [0, 0.05) is 37.0 Å². The molecule has 0 aliphatic heterocycles. The monoisotopic (exact) mass is 297 g/mol. The summed E-state index contributed by atoms with van der Waals surface area (Å²) in [4.78, 5) is 33.9. The smallest absolute Gasteiger partial charge is 0.417 e. The molecule has 9 nitrogen and oxygen atoms in total. The van der Waals surface area contributed by atoms with Crippen molar-refractivity contribution in [1.82, 2.24) is 4.90 Å². The van der Waals surface area contributed by atoms with E-state index in [1.165, 1.54) is 18.2 Å². The summed E-state index contributed by atoms with van der Waals surface area (Å²) in [5.41, 5.74) is 0.558. The van der Waals surface area contributed by atoms with E-state index in [9.17, 15) is 19.7 Å². The van der Waals surface area contributed by atoms with Gasteiger partial charge in [-0.3, -0.25) is 10.1 Å². The third-order valence-electron chi connectivity index (χ3n) is 2.95. The van der Waals surface area contributed by atoms with Crippen molar-refractivity contribution in [2.75, 3.05) is 18.5 Å². The number of rotatable bonds is 5. The molecule has 21 heavy (non-hydrogen) atoms. The summed E-state index contributed by atoms with van der Waals surface area (Å²) in [6.07, 6.45) is -3.28. The minimum Gasteiger partial charge on any atom is -0.465 e. The van der Waals surface area contributed by atoms with E-state index in [2.05, 4.69) is 0 Å². The van der Waals surface area contributed by atoms with Crippen LogP contribution in [0.1, 0.15) is 12.5 Å². The first-order chi connectivity index (χ1) is 9.77. The molecule has 0 unspecified atom stereocenters. The number of hydrogen-bond acceptors (Lipinski definition) is 5. The molecule has 9 heteroatoms. The molecule has 2 N–H and O–H groups in total. The van der Waals surface area contributed by atoms with E-state index in [-0.39, 0.29) is 16.2 Å². The van der Waals surface area contributed by atoms with E-state index in [0.29, 0.717) is 12.2 Å². The van der Waals surface area contributed by atoms with Crippen LogP contribution in [0.3, 0.4) is 0 Å². The van der Waals surface area contributed by atoms with E-state index in [0.717, 1.165) is 0 Å². The van der Waals surface area contributed by atoms with Crippen LogP contribution in [0.25, 0.3) is 0 Å². The van der Waals surface area contributed by atoms with Crippen LogP contribution in [-0.4, -0.2) is 45.8 Å². The highest BCUT2D eigenvalue weighted by atomic mass is 16.6. The molecular formula is C12H15N3O6. The lowest BCUT2D eigenvalue weighted by molar-refractivity contribution is -0.384. The van der Waals surface area contributed by atoms with Crippen molar-refractivity contribution < 1.29 is 24.7 Å². The first-order valence-electron chi connectivity index (χ1n) is 5.99. The number of imide groups is 1. The van der Waals surface area contributed by atoms with Gasteiger partial charge in [-0.2, -0.15) is 0 Å². The van der Waals surface area contributed by atoms with Gasteiger partial charge in [-0.05, 0) is 13.0 Å². The Morgan fingerprint density at radius 2 is 1.86 bits per heavy atom. The Morgan fingerprint density at radius 3 is 2.29 bits per heavy atom. The SMILES string of the molecule is CCN(C)c1ccc([N+](=O)[O-])cc1CN(C(=O)O)C(=O)O. The molecule has 1 aromatic carbocycles.